The molecule has 0 aliphatic heterocycles. The Morgan fingerprint density at radius 3 is 2.76 bits per heavy atom. The zero-order valence-electron chi connectivity index (χ0n) is 12.4. The van der Waals surface area contributed by atoms with Gasteiger partial charge in [0.25, 0.3) is 0 Å². The van der Waals surface area contributed by atoms with Gasteiger partial charge in [0.1, 0.15) is 5.69 Å². The molecule has 21 heavy (non-hydrogen) atoms. The highest BCUT2D eigenvalue weighted by Crippen LogP contribution is 2.21. The predicted octanol–water partition coefficient (Wildman–Crippen LogP) is 2.22. The van der Waals surface area contributed by atoms with Crippen LogP contribution >= 0.6 is 11.6 Å². The van der Waals surface area contributed by atoms with Crippen molar-refractivity contribution in [3.63, 3.8) is 0 Å². The summed E-state index contributed by atoms with van der Waals surface area (Å²) < 4.78 is 1.64. The van der Waals surface area contributed by atoms with Gasteiger partial charge in [0.15, 0.2) is 0 Å². The number of hydrogen-bond donors (Lipinski definition) is 1. The van der Waals surface area contributed by atoms with Gasteiger partial charge in [-0.05, 0) is 32.6 Å². The Morgan fingerprint density at radius 1 is 1.43 bits per heavy atom. The number of anilines is 1. The van der Waals surface area contributed by atoms with Gasteiger partial charge in [0.2, 0.25) is 5.78 Å². The fourth-order valence-corrected chi connectivity index (χ4v) is 2.20. The van der Waals surface area contributed by atoms with Crippen molar-refractivity contribution in [3.05, 3.63) is 46.2 Å². The minimum Gasteiger partial charge on any atom is -0.398 e. The number of benzene rings is 1. The van der Waals surface area contributed by atoms with Crippen LogP contribution in [0.15, 0.2) is 24.4 Å². The SMILES string of the molecule is Cc1ccc(C(=O)c2c(Cl)cnn2CCN(C)C)cc1N. The quantitative estimate of drug-likeness (QED) is 0.679. The second-order valence-corrected chi connectivity index (χ2v) is 5.68. The molecule has 2 N–H and O–H groups in total. The molecule has 0 aliphatic rings. The third-order valence-corrected chi connectivity index (χ3v) is 3.59. The summed E-state index contributed by atoms with van der Waals surface area (Å²) in [6.45, 7) is 3.27. The number of aromatic nitrogens is 2. The summed E-state index contributed by atoms with van der Waals surface area (Å²) in [4.78, 5) is 14.7. The molecular weight excluding hydrogens is 288 g/mol. The van der Waals surface area contributed by atoms with Crippen LogP contribution in [-0.4, -0.2) is 41.1 Å². The average Bonchev–Trinajstić information content (AvgIpc) is 2.80. The van der Waals surface area contributed by atoms with Crippen LogP contribution in [0.25, 0.3) is 0 Å². The topological polar surface area (TPSA) is 64.2 Å². The highest BCUT2D eigenvalue weighted by atomic mass is 35.5. The first-order chi connectivity index (χ1) is 9.90. The molecule has 0 unspecified atom stereocenters. The van der Waals surface area contributed by atoms with Crippen LogP contribution in [0.5, 0.6) is 0 Å². The van der Waals surface area contributed by atoms with E-state index in [0.717, 1.165) is 12.1 Å². The number of carbonyl (C=O) groups is 1. The smallest absolute Gasteiger partial charge is 0.212 e. The average molecular weight is 307 g/mol. The number of nitrogen functional groups attached to an aromatic ring is 1. The lowest BCUT2D eigenvalue weighted by Crippen LogP contribution is -2.21. The number of aryl methyl sites for hydroxylation is 1. The van der Waals surface area contributed by atoms with E-state index < -0.39 is 0 Å². The lowest BCUT2D eigenvalue weighted by molar-refractivity contribution is 0.102. The van der Waals surface area contributed by atoms with E-state index in [1.54, 1.807) is 16.8 Å². The zero-order valence-corrected chi connectivity index (χ0v) is 13.2. The van der Waals surface area contributed by atoms with Crippen LogP contribution in [0.2, 0.25) is 5.02 Å². The lowest BCUT2D eigenvalue weighted by atomic mass is 10.0. The molecule has 0 bridgehead atoms. The fourth-order valence-electron chi connectivity index (χ4n) is 1.97. The summed E-state index contributed by atoms with van der Waals surface area (Å²) in [5.74, 6) is -0.164. The second-order valence-electron chi connectivity index (χ2n) is 5.27. The predicted molar refractivity (Wildman–Crippen MR) is 84.8 cm³/mol. The Balaban J connectivity index is 2.34. The van der Waals surface area contributed by atoms with E-state index in [2.05, 4.69) is 5.10 Å². The molecule has 0 spiro atoms. The van der Waals surface area contributed by atoms with Crippen molar-refractivity contribution in [2.24, 2.45) is 0 Å². The highest BCUT2D eigenvalue weighted by Gasteiger charge is 2.19. The Morgan fingerprint density at radius 2 is 2.14 bits per heavy atom. The molecule has 0 aliphatic carbocycles. The van der Waals surface area contributed by atoms with Gasteiger partial charge in [-0.15, -0.1) is 0 Å². The van der Waals surface area contributed by atoms with E-state index in [1.165, 1.54) is 6.20 Å². The van der Waals surface area contributed by atoms with E-state index >= 15 is 0 Å². The first-order valence-electron chi connectivity index (χ1n) is 6.67. The van der Waals surface area contributed by atoms with E-state index in [1.807, 2.05) is 32.0 Å². The monoisotopic (exact) mass is 306 g/mol. The number of rotatable bonds is 5. The number of ketones is 1. The normalized spacial score (nSPS) is 11.1. The molecule has 0 radical (unpaired) electrons. The van der Waals surface area contributed by atoms with Crippen LogP contribution in [0, 0.1) is 6.92 Å². The van der Waals surface area contributed by atoms with Gasteiger partial charge in [-0.25, -0.2) is 0 Å². The summed E-state index contributed by atoms with van der Waals surface area (Å²) in [5, 5.41) is 4.54. The molecule has 1 heterocycles. The maximum Gasteiger partial charge on any atom is 0.212 e. The van der Waals surface area contributed by atoms with Gasteiger partial charge < -0.3 is 10.6 Å². The van der Waals surface area contributed by atoms with E-state index in [9.17, 15) is 4.79 Å². The van der Waals surface area contributed by atoms with Crippen molar-refractivity contribution in [3.8, 4) is 0 Å². The van der Waals surface area contributed by atoms with Crippen molar-refractivity contribution in [2.75, 3.05) is 26.4 Å². The standard InChI is InChI=1S/C15H19ClN4O/c1-10-4-5-11(8-13(10)17)15(21)14-12(16)9-18-20(14)7-6-19(2)3/h4-5,8-9H,6-7,17H2,1-3H3. The summed E-state index contributed by atoms with van der Waals surface area (Å²) in [6.07, 6.45) is 1.50. The van der Waals surface area contributed by atoms with Crippen molar-refractivity contribution in [1.29, 1.82) is 0 Å². The zero-order chi connectivity index (χ0) is 15.6. The maximum atomic E-state index is 12.6. The third-order valence-electron chi connectivity index (χ3n) is 3.31. The van der Waals surface area contributed by atoms with Crippen molar-refractivity contribution in [2.45, 2.75) is 13.5 Å². The molecule has 0 saturated heterocycles. The van der Waals surface area contributed by atoms with Crippen LogP contribution in [0.3, 0.4) is 0 Å². The fraction of sp³-hybridized carbons (Fsp3) is 0.333. The molecule has 6 heteroatoms. The molecule has 2 aromatic rings. The molecule has 0 atom stereocenters. The first-order valence-corrected chi connectivity index (χ1v) is 7.05. The molecule has 2 rings (SSSR count). The van der Waals surface area contributed by atoms with Crippen LogP contribution < -0.4 is 5.73 Å². The summed E-state index contributed by atoms with van der Waals surface area (Å²) >= 11 is 6.13. The summed E-state index contributed by atoms with van der Waals surface area (Å²) in [5.41, 5.74) is 8.33. The molecule has 112 valence electrons. The van der Waals surface area contributed by atoms with E-state index in [-0.39, 0.29) is 5.78 Å². The van der Waals surface area contributed by atoms with Gasteiger partial charge in [0, 0.05) is 17.8 Å². The number of carbonyl (C=O) groups excluding carboxylic acids is 1. The van der Waals surface area contributed by atoms with Gasteiger partial charge in [0.05, 0.1) is 17.8 Å². The van der Waals surface area contributed by atoms with Gasteiger partial charge >= 0.3 is 0 Å². The van der Waals surface area contributed by atoms with Crippen molar-refractivity contribution in [1.82, 2.24) is 14.7 Å². The highest BCUT2D eigenvalue weighted by molar-refractivity contribution is 6.34. The summed E-state index contributed by atoms with van der Waals surface area (Å²) in [7, 11) is 3.93. The molecule has 0 fully saturated rings. The maximum absolute atomic E-state index is 12.6. The molecule has 1 aromatic heterocycles. The molecule has 1 aromatic carbocycles. The van der Waals surface area contributed by atoms with Crippen LogP contribution in [-0.2, 0) is 6.54 Å². The molecular formula is C15H19ClN4O. The second kappa shape index (κ2) is 6.28. The minimum absolute atomic E-state index is 0.164. The molecule has 5 nitrogen and oxygen atoms in total. The Hall–Kier alpha value is -1.85. The molecule has 0 amide bonds. The van der Waals surface area contributed by atoms with Crippen LogP contribution in [0.4, 0.5) is 5.69 Å². The first kappa shape index (κ1) is 15.5. The van der Waals surface area contributed by atoms with E-state index in [0.29, 0.717) is 28.5 Å². The largest absolute Gasteiger partial charge is 0.398 e. The minimum atomic E-state index is -0.164. The third kappa shape index (κ3) is 3.43. The number of hydrogen-bond acceptors (Lipinski definition) is 4. The number of halogens is 1. The van der Waals surface area contributed by atoms with E-state index in [4.69, 9.17) is 17.3 Å². The van der Waals surface area contributed by atoms with Gasteiger partial charge in [-0.1, -0.05) is 23.7 Å². The Labute approximate surface area is 129 Å². The lowest BCUT2D eigenvalue weighted by Gasteiger charge is -2.12. The number of likely N-dealkylation sites (N-methyl/N-ethyl adjacent to an activating group) is 1. The van der Waals surface area contributed by atoms with Crippen molar-refractivity contribution < 1.29 is 4.79 Å². The van der Waals surface area contributed by atoms with Crippen LogP contribution in [0.1, 0.15) is 21.6 Å². The van der Waals surface area contributed by atoms with Gasteiger partial charge in [-0.3, -0.25) is 9.48 Å². The van der Waals surface area contributed by atoms with Gasteiger partial charge in [-0.2, -0.15) is 5.10 Å². The van der Waals surface area contributed by atoms with Crippen molar-refractivity contribution >= 4 is 23.1 Å². The molecule has 0 saturated carbocycles. The number of nitrogens with zero attached hydrogens (tertiary/aromatic N) is 3. The Bertz CT molecular complexity index is 664. The Kier molecular flexibility index (Phi) is 4.65. The summed E-state index contributed by atoms with van der Waals surface area (Å²) in [6, 6.07) is 5.27. The number of nitrogens with two attached hydrogens (primary N) is 1.